The fraction of sp³-hybridized carbons (Fsp3) is 0.417. The van der Waals surface area contributed by atoms with Crippen molar-refractivity contribution in [3.63, 3.8) is 0 Å². The molecule has 98 valence electrons. The molecule has 0 spiro atoms. The van der Waals surface area contributed by atoms with Crippen molar-refractivity contribution in [3.8, 4) is 11.5 Å². The highest BCUT2D eigenvalue weighted by Gasteiger charge is 2.28. The first-order valence-electron chi connectivity index (χ1n) is 5.57. The third kappa shape index (κ3) is 2.24. The summed E-state index contributed by atoms with van der Waals surface area (Å²) in [6.07, 6.45) is -1.51. The molecular weight excluding hydrogens is 243 g/mol. The van der Waals surface area contributed by atoms with E-state index >= 15 is 0 Å². The molecule has 1 unspecified atom stereocenters. The molecule has 1 aliphatic heterocycles. The Hall–Kier alpha value is -1.82. The first-order valence-corrected chi connectivity index (χ1v) is 5.57. The minimum absolute atomic E-state index is 0.0572. The molecule has 0 saturated heterocycles. The standard InChI is InChI=1S/C12H13FO5/c1-2-16-12(15)9(14)7-3-4-8(13)11-10(7)17-5-6-18-11/h3-4,9,14H,2,5-6H2,1H3. The molecule has 6 heteroatoms. The quantitative estimate of drug-likeness (QED) is 0.823. The van der Waals surface area contributed by atoms with E-state index in [4.69, 9.17) is 14.2 Å². The van der Waals surface area contributed by atoms with Gasteiger partial charge in [-0.05, 0) is 19.1 Å². The maximum Gasteiger partial charge on any atom is 0.339 e. The van der Waals surface area contributed by atoms with Crippen LogP contribution in [0.2, 0.25) is 0 Å². The van der Waals surface area contributed by atoms with E-state index in [1.54, 1.807) is 6.92 Å². The Morgan fingerprint density at radius 1 is 1.44 bits per heavy atom. The molecule has 1 aromatic rings. The Morgan fingerprint density at radius 2 is 2.11 bits per heavy atom. The van der Waals surface area contributed by atoms with Gasteiger partial charge >= 0.3 is 5.97 Å². The van der Waals surface area contributed by atoms with Gasteiger partial charge < -0.3 is 19.3 Å². The van der Waals surface area contributed by atoms with Crippen LogP contribution in [-0.4, -0.2) is 30.9 Å². The highest BCUT2D eigenvalue weighted by atomic mass is 19.1. The molecule has 1 aliphatic rings. The van der Waals surface area contributed by atoms with Gasteiger partial charge in [0.15, 0.2) is 23.4 Å². The zero-order valence-corrected chi connectivity index (χ0v) is 9.81. The van der Waals surface area contributed by atoms with Crippen LogP contribution in [0.3, 0.4) is 0 Å². The van der Waals surface area contributed by atoms with E-state index in [9.17, 15) is 14.3 Å². The van der Waals surface area contributed by atoms with Crippen LogP contribution in [0.1, 0.15) is 18.6 Å². The molecule has 0 aromatic heterocycles. The summed E-state index contributed by atoms with van der Waals surface area (Å²) in [5.74, 6) is -1.42. The average molecular weight is 256 g/mol. The van der Waals surface area contributed by atoms with Gasteiger partial charge in [-0.15, -0.1) is 0 Å². The second-order valence-corrected chi connectivity index (χ2v) is 3.65. The molecule has 0 radical (unpaired) electrons. The monoisotopic (exact) mass is 256 g/mol. The summed E-state index contributed by atoms with van der Waals surface area (Å²) < 4.78 is 28.5. The summed E-state index contributed by atoms with van der Waals surface area (Å²) in [7, 11) is 0. The molecule has 0 bridgehead atoms. The lowest BCUT2D eigenvalue weighted by Crippen LogP contribution is -2.21. The number of ether oxygens (including phenoxy) is 3. The molecule has 0 amide bonds. The van der Waals surface area contributed by atoms with Crippen LogP contribution in [0, 0.1) is 5.82 Å². The van der Waals surface area contributed by atoms with E-state index in [1.807, 2.05) is 0 Å². The highest BCUT2D eigenvalue weighted by molar-refractivity contribution is 5.78. The second-order valence-electron chi connectivity index (χ2n) is 3.65. The molecule has 0 fully saturated rings. The molecule has 2 rings (SSSR count). The van der Waals surface area contributed by atoms with Gasteiger partial charge in [0.2, 0.25) is 0 Å². The van der Waals surface area contributed by atoms with Gasteiger partial charge in [-0.3, -0.25) is 0 Å². The molecule has 1 N–H and O–H groups in total. The molecule has 5 nitrogen and oxygen atoms in total. The fourth-order valence-corrected chi connectivity index (χ4v) is 1.69. The van der Waals surface area contributed by atoms with E-state index in [-0.39, 0.29) is 36.9 Å². The summed E-state index contributed by atoms with van der Waals surface area (Å²) >= 11 is 0. The van der Waals surface area contributed by atoms with Gasteiger partial charge in [0, 0.05) is 5.56 Å². The van der Waals surface area contributed by atoms with Gasteiger partial charge in [-0.25, -0.2) is 9.18 Å². The van der Waals surface area contributed by atoms with Crippen molar-refractivity contribution in [2.45, 2.75) is 13.0 Å². The molecule has 1 atom stereocenters. The number of benzene rings is 1. The van der Waals surface area contributed by atoms with Gasteiger partial charge in [0.25, 0.3) is 0 Å². The normalized spacial score (nSPS) is 15.1. The van der Waals surface area contributed by atoms with Crippen molar-refractivity contribution in [2.75, 3.05) is 19.8 Å². The number of carbonyl (C=O) groups is 1. The number of carbonyl (C=O) groups excluding carboxylic acids is 1. The van der Waals surface area contributed by atoms with E-state index in [2.05, 4.69) is 0 Å². The summed E-state index contributed by atoms with van der Waals surface area (Å²) in [5.41, 5.74) is 0.143. The van der Waals surface area contributed by atoms with Crippen molar-refractivity contribution >= 4 is 5.97 Å². The number of aliphatic hydroxyl groups is 1. The number of halogens is 1. The summed E-state index contributed by atoms with van der Waals surface area (Å²) in [5, 5.41) is 9.83. The third-order valence-electron chi connectivity index (χ3n) is 2.48. The summed E-state index contributed by atoms with van der Waals surface area (Å²) in [6, 6.07) is 2.40. The van der Waals surface area contributed by atoms with E-state index < -0.39 is 17.9 Å². The van der Waals surface area contributed by atoms with Crippen molar-refractivity contribution in [1.82, 2.24) is 0 Å². The van der Waals surface area contributed by atoms with E-state index in [0.717, 1.165) is 6.07 Å². The van der Waals surface area contributed by atoms with Crippen LogP contribution < -0.4 is 9.47 Å². The van der Waals surface area contributed by atoms with Crippen LogP contribution in [0.25, 0.3) is 0 Å². The van der Waals surface area contributed by atoms with Crippen molar-refractivity contribution in [1.29, 1.82) is 0 Å². The van der Waals surface area contributed by atoms with Crippen LogP contribution in [0.4, 0.5) is 4.39 Å². The first-order chi connectivity index (χ1) is 8.65. The Morgan fingerprint density at radius 3 is 2.78 bits per heavy atom. The minimum atomic E-state index is -1.51. The number of fused-ring (bicyclic) bond motifs is 1. The fourth-order valence-electron chi connectivity index (χ4n) is 1.69. The summed E-state index contributed by atoms with van der Waals surface area (Å²) in [6.45, 7) is 2.24. The van der Waals surface area contributed by atoms with Gasteiger partial charge in [-0.1, -0.05) is 0 Å². The predicted molar refractivity (Wildman–Crippen MR) is 59.0 cm³/mol. The zero-order valence-electron chi connectivity index (χ0n) is 9.81. The van der Waals surface area contributed by atoms with Crippen LogP contribution >= 0.6 is 0 Å². The van der Waals surface area contributed by atoms with Gasteiger partial charge in [0.05, 0.1) is 6.61 Å². The molecule has 0 aliphatic carbocycles. The molecule has 18 heavy (non-hydrogen) atoms. The lowest BCUT2D eigenvalue weighted by molar-refractivity contribution is -0.153. The van der Waals surface area contributed by atoms with Crippen LogP contribution in [0.5, 0.6) is 11.5 Å². The maximum atomic E-state index is 13.5. The Kier molecular flexibility index (Phi) is 3.66. The molecular formula is C12H13FO5. The first kappa shape index (κ1) is 12.6. The lowest BCUT2D eigenvalue weighted by atomic mass is 10.1. The highest BCUT2D eigenvalue weighted by Crippen LogP contribution is 2.39. The smallest absolute Gasteiger partial charge is 0.339 e. The number of hydrogen-bond donors (Lipinski definition) is 1. The van der Waals surface area contributed by atoms with Crippen LogP contribution in [-0.2, 0) is 9.53 Å². The Labute approximate surface area is 103 Å². The Bertz CT molecular complexity index is 460. The maximum absolute atomic E-state index is 13.5. The zero-order chi connectivity index (χ0) is 13.1. The van der Waals surface area contributed by atoms with Gasteiger partial charge in [0.1, 0.15) is 13.2 Å². The molecule has 1 aromatic carbocycles. The third-order valence-corrected chi connectivity index (χ3v) is 2.48. The number of hydrogen-bond acceptors (Lipinski definition) is 5. The second kappa shape index (κ2) is 5.22. The van der Waals surface area contributed by atoms with E-state index in [1.165, 1.54) is 6.07 Å². The number of rotatable bonds is 3. The largest absolute Gasteiger partial charge is 0.486 e. The number of aliphatic hydroxyl groups excluding tert-OH is 1. The lowest BCUT2D eigenvalue weighted by Gasteiger charge is -2.22. The average Bonchev–Trinajstić information content (AvgIpc) is 2.39. The van der Waals surface area contributed by atoms with Crippen LogP contribution in [0.15, 0.2) is 12.1 Å². The van der Waals surface area contributed by atoms with Crippen molar-refractivity contribution < 1.29 is 28.5 Å². The van der Waals surface area contributed by atoms with Gasteiger partial charge in [-0.2, -0.15) is 0 Å². The SMILES string of the molecule is CCOC(=O)C(O)c1ccc(F)c2c1OCCO2. The topological polar surface area (TPSA) is 65.0 Å². The Balaban J connectivity index is 2.36. The van der Waals surface area contributed by atoms with Crippen molar-refractivity contribution in [2.24, 2.45) is 0 Å². The molecule has 0 saturated carbocycles. The molecule has 1 heterocycles. The summed E-state index contributed by atoms with van der Waals surface area (Å²) in [4.78, 5) is 11.5. The predicted octanol–water partition coefficient (Wildman–Crippen LogP) is 1.19. The van der Waals surface area contributed by atoms with Crippen molar-refractivity contribution in [3.05, 3.63) is 23.5 Å². The minimum Gasteiger partial charge on any atom is -0.486 e. The van der Waals surface area contributed by atoms with E-state index in [0.29, 0.717) is 0 Å². The number of esters is 1.